The molecule has 1 atom stereocenters. The predicted molar refractivity (Wildman–Crippen MR) is 137 cm³/mol. The van der Waals surface area contributed by atoms with E-state index in [2.05, 4.69) is 5.32 Å². The number of ether oxygens (including phenoxy) is 2. The van der Waals surface area contributed by atoms with E-state index in [1.807, 2.05) is 6.07 Å². The molecule has 35 heavy (non-hydrogen) atoms. The van der Waals surface area contributed by atoms with Crippen LogP contribution in [-0.2, 0) is 21.4 Å². The fourth-order valence-corrected chi connectivity index (χ4v) is 5.60. The first kappa shape index (κ1) is 26.8. The van der Waals surface area contributed by atoms with E-state index in [-0.39, 0.29) is 21.5 Å². The predicted octanol–water partition coefficient (Wildman–Crippen LogP) is 5.08. The minimum atomic E-state index is -4.15. The van der Waals surface area contributed by atoms with Crippen LogP contribution in [0.25, 0.3) is 0 Å². The van der Waals surface area contributed by atoms with Crippen molar-refractivity contribution in [1.82, 2.24) is 9.62 Å². The number of carbonyl (C=O) groups excluding carboxylic acids is 1. The quantitative estimate of drug-likeness (QED) is 0.390. The van der Waals surface area contributed by atoms with Crippen molar-refractivity contribution in [3.8, 4) is 11.5 Å². The van der Waals surface area contributed by atoms with Gasteiger partial charge in [-0.05, 0) is 48.4 Å². The Morgan fingerprint density at radius 1 is 0.971 bits per heavy atom. The van der Waals surface area contributed by atoms with Crippen LogP contribution < -0.4 is 14.8 Å². The second kappa shape index (κ2) is 11.8. The number of methoxy groups -OCH3 is 2. The van der Waals surface area contributed by atoms with E-state index in [4.69, 9.17) is 32.7 Å². The zero-order chi connectivity index (χ0) is 25.6. The number of amides is 1. The monoisotopic (exact) mass is 536 g/mol. The molecule has 0 saturated heterocycles. The Balaban J connectivity index is 1.86. The van der Waals surface area contributed by atoms with E-state index in [9.17, 15) is 13.2 Å². The van der Waals surface area contributed by atoms with Crippen LogP contribution in [0.5, 0.6) is 11.5 Å². The normalized spacial score (nSPS) is 12.3. The third-order valence-electron chi connectivity index (χ3n) is 5.32. The minimum absolute atomic E-state index is 0.0200. The Labute approximate surface area is 215 Å². The molecule has 0 aromatic heterocycles. The number of benzene rings is 3. The third kappa shape index (κ3) is 6.67. The average molecular weight is 537 g/mol. The van der Waals surface area contributed by atoms with E-state index < -0.39 is 28.5 Å². The Kier molecular flexibility index (Phi) is 9.02. The van der Waals surface area contributed by atoms with Crippen molar-refractivity contribution in [3.05, 3.63) is 87.9 Å². The van der Waals surface area contributed by atoms with Gasteiger partial charge < -0.3 is 14.8 Å². The van der Waals surface area contributed by atoms with Crippen molar-refractivity contribution in [3.63, 3.8) is 0 Å². The van der Waals surface area contributed by atoms with Crippen LogP contribution in [0.15, 0.2) is 71.6 Å². The van der Waals surface area contributed by atoms with Gasteiger partial charge in [0.15, 0.2) is 11.5 Å². The third-order valence-corrected chi connectivity index (χ3v) is 7.83. The SMILES string of the molecule is COc1ccc([C@H](C)NC(=O)CN(Cc2ccccc2)S(=O)(=O)c2cc(Cl)ccc2Cl)cc1OC. The zero-order valence-electron chi connectivity index (χ0n) is 19.5. The van der Waals surface area contributed by atoms with Gasteiger partial charge in [-0.2, -0.15) is 4.31 Å². The first-order valence-electron chi connectivity index (χ1n) is 10.7. The largest absolute Gasteiger partial charge is 0.493 e. The lowest BCUT2D eigenvalue weighted by molar-refractivity contribution is -0.122. The van der Waals surface area contributed by atoms with Gasteiger partial charge in [0, 0.05) is 11.6 Å². The summed E-state index contributed by atoms with van der Waals surface area (Å²) >= 11 is 12.2. The highest BCUT2D eigenvalue weighted by atomic mass is 35.5. The second-order valence-electron chi connectivity index (χ2n) is 7.74. The molecule has 0 aliphatic heterocycles. The molecule has 0 heterocycles. The first-order chi connectivity index (χ1) is 16.6. The molecule has 0 saturated carbocycles. The van der Waals surface area contributed by atoms with E-state index in [1.165, 1.54) is 32.4 Å². The Bertz CT molecular complexity index is 1290. The number of halogens is 2. The summed E-state index contributed by atoms with van der Waals surface area (Å²) in [7, 11) is -1.08. The van der Waals surface area contributed by atoms with Gasteiger partial charge in [-0.3, -0.25) is 4.79 Å². The molecule has 3 aromatic rings. The Morgan fingerprint density at radius 2 is 1.66 bits per heavy atom. The molecule has 10 heteroatoms. The van der Waals surface area contributed by atoms with Crippen molar-refractivity contribution in [2.75, 3.05) is 20.8 Å². The van der Waals surface area contributed by atoms with Crippen molar-refractivity contribution in [1.29, 1.82) is 0 Å². The molecule has 0 aliphatic carbocycles. The summed E-state index contributed by atoms with van der Waals surface area (Å²) in [5.41, 5.74) is 1.49. The fourth-order valence-electron chi connectivity index (χ4n) is 3.48. The highest BCUT2D eigenvalue weighted by molar-refractivity contribution is 7.89. The molecule has 1 N–H and O–H groups in total. The highest BCUT2D eigenvalue weighted by Gasteiger charge is 2.29. The minimum Gasteiger partial charge on any atom is -0.493 e. The van der Waals surface area contributed by atoms with E-state index in [0.29, 0.717) is 11.5 Å². The molecule has 3 rings (SSSR count). The molecule has 0 radical (unpaired) electrons. The van der Waals surface area contributed by atoms with E-state index in [0.717, 1.165) is 15.4 Å². The Hall–Kier alpha value is -2.78. The number of sulfonamides is 1. The molecule has 1 amide bonds. The molecular formula is C25H26Cl2N2O5S. The highest BCUT2D eigenvalue weighted by Crippen LogP contribution is 2.31. The molecule has 186 valence electrons. The van der Waals surface area contributed by atoms with Gasteiger partial charge >= 0.3 is 0 Å². The lowest BCUT2D eigenvalue weighted by Crippen LogP contribution is -2.41. The molecule has 0 unspecified atom stereocenters. The van der Waals surface area contributed by atoms with Gasteiger partial charge in [0.25, 0.3) is 0 Å². The summed E-state index contributed by atoms with van der Waals surface area (Å²) < 4.78 is 38.7. The maximum absolute atomic E-state index is 13.5. The lowest BCUT2D eigenvalue weighted by atomic mass is 10.1. The molecule has 7 nitrogen and oxygen atoms in total. The first-order valence-corrected chi connectivity index (χ1v) is 12.9. The van der Waals surface area contributed by atoms with Crippen LogP contribution >= 0.6 is 23.2 Å². The van der Waals surface area contributed by atoms with E-state index in [1.54, 1.807) is 49.4 Å². The van der Waals surface area contributed by atoms with Crippen molar-refractivity contribution >= 4 is 39.1 Å². The van der Waals surface area contributed by atoms with Crippen LogP contribution in [-0.4, -0.2) is 39.4 Å². The van der Waals surface area contributed by atoms with Gasteiger partial charge in [-0.1, -0.05) is 59.6 Å². The van der Waals surface area contributed by atoms with Crippen LogP contribution in [0.4, 0.5) is 0 Å². The maximum Gasteiger partial charge on any atom is 0.245 e. The van der Waals surface area contributed by atoms with Crippen LogP contribution in [0.1, 0.15) is 24.1 Å². The van der Waals surface area contributed by atoms with Gasteiger partial charge in [-0.25, -0.2) is 8.42 Å². The summed E-state index contributed by atoms with van der Waals surface area (Å²) in [6.07, 6.45) is 0. The molecule has 0 fully saturated rings. The van der Waals surface area contributed by atoms with Gasteiger partial charge in [0.2, 0.25) is 15.9 Å². The van der Waals surface area contributed by atoms with Crippen molar-refractivity contribution in [2.24, 2.45) is 0 Å². The van der Waals surface area contributed by atoms with Gasteiger partial charge in [0.1, 0.15) is 4.90 Å². The smallest absolute Gasteiger partial charge is 0.245 e. The molecule has 0 spiro atoms. The van der Waals surface area contributed by atoms with Crippen LogP contribution in [0.2, 0.25) is 10.0 Å². The zero-order valence-corrected chi connectivity index (χ0v) is 21.8. The van der Waals surface area contributed by atoms with Crippen LogP contribution in [0, 0.1) is 0 Å². The summed E-state index contributed by atoms with van der Waals surface area (Å²) in [5.74, 6) is 0.605. The fraction of sp³-hybridized carbons (Fsp3) is 0.240. The number of nitrogens with zero attached hydrogens (tertiary/aromatic N) is 1. The number of hydrogen-bond donors (Lipinski definition) is 1. The van der Waals surface area contributed by atoms with Crippen molar-refractivity contribution in [2.45, 2.75) is 24.4 Å². The number of carbonyl (C=O) groups is 1. The maximum atomic E-state index is 13.5. The van der Waals surface area contributed by atoms with Gasteiger partial charge in [0.05, 0.1) is 31.8 Å². The summed E-state index contributed by atoms with van der Waals surface area (Å²) in [5, 5.41) is 3.09. The number of nitrogens with one attached hydrogen (secondary N) is 1. The van der Waals surface area contributed by atoms with E-state index >= 15 is 0 Å². The van der Waals surface area contributed by atoms with Crippen LogP contribution in [0.3, 0.4) is 0 Å². The molecule has 0 aliphatic rings. The average Bonchev–Trinajstić information content (AvgIpc) is 2.85. The number of rotatable bonds is 10. The lowest BCUT2D eigenvalue weighted by Gasteiger charge is -2.24. The number of hydrogen-bond acceptors (Lipinski definition) is 5. The molecule has 0 bridgehead atoms. The molecular weight excluding hydrogens is 511 g/mol. The summed E-state index contributed by atoms with van der Waals surface area (Å²) in [6, 6.07) is 18.1. The summed E-state index contributed by atoms with van der Waals surface area (Å²) in [4.78, 5) is 12.8. The molecule has 3 aromatic carbocycles. The Morgan fingerprint density at radius 3 is 2.31 bits per heavy atom. The topological polar surface area (TPSA) is 84.9 Å². The van der Waals surface area contributed by atoms with Gasteiger partial charge in [-0.15, -0.1) is 0 Å². The van der Waals surface area contributed by atoms with Crippen molar-refractivity contribution < 1.29 is 22.7 Å². The standard InChI is InChI=1S/C25H26Cl2N2O5S/c1-17(19-9-12-22(33-2)23(13-19)34-3)28-25(30)16-29(15-18-7-5-4-6-8-18)35(31,32)24-14-20(26)10-11-21(24)27/h4-14,17H,15-16H2,1-3H3,(H,28,30)/t17-/m0/s1. The second-order valence-corrected chi connectivity index (χ2v) is 10.5. The summed E-state index contributed by atoms with van der Waals surface area (Å²) in [6.45, 7) is 1.35.